The van der Waals surface area contributed by atoms with Gasteiger partial charge in [0.05, 0.1) is 11.3 Å². The predicted molar refractivity (Wildman–Crippen MR) is 76.7 cm³/mol. The smallest absolute Gasteiger partial charge is 0.304 e. The Bertz CT molecular complexity index is 654. The van der Waals surface area contributed by atoms with Crippen molar-refractivity contribution in [3.63, 3.8) is 0 Å². The summed E-state index contributed by atoms with van der Waals surface area (Å²) in [6, 6.07) is 4.07. The lowest BCUT2D eigenvalue weighted by molar-refractivity contribution is -0.384. The number of nitrogens with two attached hydrogens (primary N) is 1. The van der Waals surface area contributed by atoms with Gasteiger partial charge in [-0.25, -0.2) is 4.98 Å². The number of nitro groups is 1. The zero-order valence-electron chi connectivity index (χ0n) is 11.4. The van der Waals surface area contributed by atoms with Crippen molar-refractivity contribution in [1.29, 1.82) is 0 Å². The lowest BCUT2D eigenvalue weighted by Gasteiger charge is -2.14. The van der Waals surface area contributed by atoms with E-state index in [4.69, 9.17) is 5.73 Å². The van der Waals surface area contributed by atoms with Crippen molar-refractivity contribution in [3.05, 3.63) is 52.6 Å². The van der Waals surface area contributed by atoms with Gasteiger partial charge in [0.15, 0.2) is 0 Å². The maximum absolute atomic E-state index is 12.2. The zero-order valence-corrected chi connectivity index (χ0v) is 11.4. The van der Waals surface area contributed by atoms with Crippen LogP contribution in [0.25, 0.3) is 0 Å². The largest absolute Gasteiger partial charge is 0.393 e. The Morgan fingerprint density at radius 2 is 2.33 bits per heavy atom. The Labute approximate surface area is 120 Å². The van der Waals surface area contributed by atoms with Crippen LogP contribution in [0.2, 0.25) is 0 Å². The predicted octanol–water partition coefficient (Wildman–Crippen LogP) is 1.19. The van der Waals surface area contributed by atoms with E-state index in [-0.39, 0.29) is 23.0 Å². The van der Waals surface area contributed by atoms with Gasteiger partial charge in [0.2, 0.25) is 0 Å². The molecule has 2 rings (SSSR count). The molecule has 8 nitrogen and oxygen atoms in total. The Hall–Kier alpha value is -2.90. The van der Waals surface area contributed by atoms with Gasteiger partial charge in [0.1, 0.15) is 11.3 Å². The molecule has 110 valence electrons. The highest BCUT2D eigenvalue weighted by Crippen LogP contribution is 2.25. The number of aromatic nitrogens is 2. The summed E-state index contributed by atoms with van der Waals surface area (Å²) >= 11 is 0. The fraction of sp³-hybridized carbons (Fsp3) is 0.231. The molecule has 1 unspecified atom stereocenters. The monoisotopic (exact) mass is 289 g/mol. The number of anilines is 1. The molecule has 21 heavy (non-hydrogen) atoms. The topological polar surface area (TPSA) is 116 Å². The summed E-state index contributed by atoms with van der Waals surface area (Å²) in [5, 5.41) is 13.7. The van der Waals surface area contributed by atoms with Crippen LogP contribution in [0.3, 0.4) is 0 Å². The Morgan fingerprint density at radius 3 is 2.95 bits per heavy atom. The van der Waals surface area contributed by atoms with Crippen LogP contribution in [0.4, 0.5) is 11.4 Å². The van der Waals surface area contributed by atoms with Crippen LogP contribution in [-0.2, 0) is 6.54 Å². The minimum absolute atomic E-state index is 0.0325. The SMILES string of the molecule is CC(Cn1ccnc1)NC(=O)c1cccc(N)c1[N+](=O)[O-]. The van der Waals surface area contributed by atoms with Crippen LogP contribution in [0.15, 0.2) is 36.9 Å². The zero-order chi connectivity index (χ0) is 15.4. The van der Waals surface area contributed by atoms with Gasteiger partial charge in [-0.3, -0.25) is 14.9 Å². The number of nitrogen functional groups attached to an aromatic ring is 1. The Kier molecular flexibility index (Phi) is 4.17. The van der Waals surface area contributed by atoms with Crippen molar-refractivity contribution in [2.24, 2.45) is 0 Å². The van der Waals surface area contributed by atoms with Gasteiger partial charge in [-0.1, -0.05) is 6.07 Å². The standard InChI is InChI=1S/C13H15N5O3/c1-9(7-17-6-5-15-8-17)16-13(19)10-3-2-4-11(14)12(10)18(20)21/h2-6,8-9H,7,14H2,1H3,(H,16,19). The molecule has 0 saturated heterocycles. The normalized spacial score (nSPS) is 11.9. The van der Waals surface area contributed by atoms with E-state index < -0.39 is 10.8 Å². The molecule has 1 amide bonds. The second-order valence-electron chi connectivity index (χ2n) is 4.63. The summed E-state index contributed by atoms with van der Waals surface area (Å²) in [5.74, 6) is -0.526. The molecule has 0 spiro atoms. The van der Waals surface area contributed by atoms with E-state index in [1.54, 1.807) is 30.2 Å². The molecule has 1 atom stereocenters. The fourth-order valence-corrected chi connectivity index (χ4v) is 2.01. The molecular formula is C13H15N5O3. The highest BCUT2D eigenvalue weighted by molar-refractivity contribution is 6.00. The first-order valence-electron chi connectivity index (χ1n) is 6.28. The van der Waals surface area contributed by atoms with E-state index in [2.05, 4.69) is 10.3 Å². The third kappa shape index (κ3) is 3.35. The van der Waals surface area contributed by atoms with E-state index in [1.165, 1.54) is 18.2 Å². The molecule has 0 aliphatic carbocycles. The average Bonchev–Trinajstić information content (AvgIpc) is 2.90. The summed E-state index contributed by atoms with van der Waals surface area (Å²) in [4.78, 5) is 26.4. The third-order valence-electron chi connectivity index (χ3n) is 2.92. The quantitative estimate of drug-likeness (QED) is 0.487. The molecule has 2 aromatic rings. The van der Waals surface area contributed by atoms with E-state index in [1.807, 2.05) is 0 Å². The number of nitro benzene ring substituents is 1. The minimum Gasteiger partial charge on any atom is -0.393 e. The first-order valence-corrected chi connectivity index (χ1v) is 6.28. The molecule has 0 fully saturated rings. The Morgan fingerprint density at radius 1 is 1.57 bits per heavy atom. The molecule has 0 radical (unpaired) electrons. The van der Waals surface area contributed by atoms with Gasteiger partial charge < -0.3 is 15.6 Å². The number of nitrogens with zero attached hydrogens (tertiary/aromatic N) is 3. The molecular weight excluding hydrogens is 274 g/mol. The number of amides is 1. The van der Waals surface area contributed by atoms with Gasteiger partial charge in [-0.05, 0) is 19.1 Å². The minimum atomic E-state index is -0.648. The van der Waals surface area contributed by atoms with Crippen molar-refractivity contribution >= 4 is 17.3 Å². The highest BCUT2D eigenvalue weighted by Gasteiger charge is 2.23. The molecule has 0 saturated carbocycles. The maximum atomic E-state index is 12.2. The van der Waals surface area contributed by atoms with Crippen LogP contribution in [0.1, 0.15) is 17.3 Å². The van der Waals surface area contributed by atoms with E-state index in [9.17, 15) is 14.9 Å². The first-order chi connectivity index (χ1) is 9.99. The van der Waals surface area contributed by atoms with Gasteiger partial charge in [-0.2, -0.15) is 0 Å². The van der Waals surface area contributed by atoms with Crippen molar-refractivity contribution in [3.8, 4) is 0 Å². The lowest BCUT2D eigenvalue weighted by atomic mass is 10.1. The number of carbonyl (C=O) groups is 1. The summed E-state index contributed by atoms with van der Waals surface area (Å²) < 4.78 is 1.80. The summed E-state index contributed by atoms with van der Waals surface area (Å²) in [6.45, 7) is 2.32. The molecule has 1 aromatic carbocycles. The van der Waals surface area contributed by atoms with Crippen molar-refractivity contribution < 1.29 is 9.72 Å². The van der Waals surface area contributed by atoms with Gasteiger partial charge in [-0.15, -0.1) is 0 Å². The number of hydrogen-bond donors (Lipinski definition) is 2. The number of carbonyl (C=O) groups excluding carboxylic acids is 1. The molecule has 1 heterocycles. The van der Waals surface area contributed by atoms with E-state index >= 15 is 0 Å². The number of para-hydroxylation sites is 1. The molecule has 0 aliphatic heterocycles. The van der Waals surface area contributed by atoms with Crippen LogP contribution in [0, 0.1) is 10.1 Å². The van der Waals surface area contributed by atoms with Crippen molar-refractivity contribution in [2.75, 3.05) is 5.73 Å². The van der Waals surface area contributed by atoms with Gasteiger partial charge in [0.25, 0.3) is 5.91 Å². The number of hydrogen-bond acceptors (Lipinski definition) is 5. The lowest BCUT2D eigenvalue weighted by Crippen LogP contribution is -2.35. The Balaban J connectivity index is 2.13. The summed E-state index contributed by atoms with van der Waals surface area (Å²) in [7, 11) is 0. The molecule has 3 N–H and O–H groups in total. The van der Waals surface area contributed by atoms with Crippen LogP contribution in [0.5, 0.6) is 0 Å². The molecule has 0 aliphatic rings. The van der Waals surface area contributed by atoms with Crippen molar-refractivity contribution in [2.45, 2.75) is 19.5 Å². The van der Waals surface area contributed by atoms with Crippen LogP contribution in [-0.4, -0.2) is 26.4 Å². The summed E-state index contributed by atoms with van der Waals surface area (Å²) in [6.07, 6.45) is 5.04. The number of rotatable bonds is 5. The average molecular weight is 289 g/mol. The highest BCUT2D eigenvalue weighted by atomic mass is 16.6. The second-order valence-corrected chi connectivity index (χ2v) is 4.63. The summed E-state index contributed by atoms with van der Waals surface area (Å²) in [5.41, 5.74) is 5.12. The van der Waals surface area contributed by atoms with Crippen LogP contribution >= 0.6 is 0 Å². The maximum Gasteiger partial charge on any atom is 0.304 e. The third-order valence-corrected chi connectivity index (χ3v) is 2.92. The molecule has 0 bridgehead atoms. The van der Waals surface area contributed by atoms with Crippen LogP contribution < -0.4 is 11.1 Å². The van der Waals surface area contributed by atoms with Gasteiger partial charge >= 0.3 is 5.69 Å². The van der Waals surface area contributed by atoms with Crippen molar-refractivity contribution in [1.82, 2.24) is 14.9 Å². The molecule has 8 heteroatoms. The fourth-order valence-electron chi connectivity index (χ4n) is 2.01. The number of imidazole rings is 1. The first kappa shape index (κ1) is 14.5. The second kappa shape index (κ2) is 6.04. The number of benzene rings is 1. The van der Waals surface area contributed by atoms with E-state index in [0.717, 1.165) is 0 Å². The van der Waals surface area contributed by atoms with Gasteiger partial charge in [0, 0.05) is 25.0 Å². The number of nitrogens with one attached hydrogen (secondary N) is 1. The molecule has 1 aromatic heterocycles. The van der Waals surface area contributed by atoms with E-state index in [0.29, 0.717) is 6.54 Å².